The maximum Gasteiger partial charge on any atom is 0.251 e. The Morgan fingerprint density at radius 1 is 1.25 bits per heavy atom. The van der Waals surface area contributed by atoms with Crippen molar-refractivity contribution in [1.29, 1.82) is 0 Å². The fourth-order valence-corrected chi connectivity index (χ4v) is 1.07. The van der Waals surface area contributed by atoms with Gasteiger partial charge >= 0.3 is 0 Å². The average Bonchev–Trinajstić information content (AvgIpc) is 2.21. The van der Waals surface area contributed by atoms with Gasteiger partial charge in [-0.15, -0.1) is 0 Å². The molecule has 0 aromatic heterocycles. The van der Waals surface area contributed by atoms with Gasteiger partial charge in [-0.1, -0.05) is 0 Å². The fraction of sp³-hybridized carbons (Fsp3) is 0.200. The first-order valence-electron chi connectivity index (χ1n) is 4.59. The Morgan fingerprint density at radius 2 is 1.94 bits per heavy atom. The molecule has 2 amide bonds. The second kappa shape index (κ2) is 5.01. The summed E-state index contributed by atoms with van der Waals surface area (Å²) in [6.07, 6.45) is 0.0514. The number of carbonyl (C=O) groups is 2. The number of carbonyl (C=O) groups excluding carboxylic acids is 2. The van der Waals surface area contributed by atoms with Gasteiger partial charge < -0.3 is 21.3 Å². The van der Waals surface area contributed by atoms with Crippen molar-refractivity contribution in [1.82, 2.24) is 5.32 Å². The van der Waals surface area contributed by atoms with Crippen LogP contribution in [-0.4, -0.2) is 28.6 Å². The van der Waals surface area contributed by atoms with Gasteiger partial charge in [0.05, 0.1) is 0 Å². The summed E-state index contributed by atoms with van der Waals surface area (Å²) in [5.74, 6) is -1.62. The van der Waals surface area contributed by atoms with Crippen molar-refractivity contribution in [3.8, 4) is 11.5 Å². The molecule has 0 heterocycles. The van der Waals surface area contributed by atoms with Crippen LogP contribution in [0.5, 0.6) is 11.5 Å². The Bertz CT molecular complexity index is 417. The lowest BCUT2D eigenvalue weighted by atomic mass is 10.2. The molecule has 0 aliphatic carbocycles. The van der Waals surface area contributed by atoms with Crippen LogP contribution >= 0.6 is 0 Å². The lowest BCUT2D eigenvalue weighted by Gasteiger charge is -2.04. The third-order valence-corrected chi connectivity index (χ3v) is 1.89. The van der Waals surface area contributed by atoms with E-state index in [-0.39, 0.29) is 30.0 Å². The van der Waals surface area contributed by atoms with Crippen LogP contribution in [-0.2, 0) is 4.79 Å². The molecule has 0 unspecified atom stereocenters. The number of hydrogen-bond donors (Lipinski definition) is 4. The zero-order valence-electron chi connectivity index (χ0n) is 8.43. The highest BCUT2D eigenvalue weighted by molar-refractivity contribution is 5.95. The summed E-state index contributed by atoms with van der Waals surface area (Å²) >= 11 is 0. The molecular formula is C10H12N2O4. The van der Waals surface area contributed by atoms with Crippen LogP contribution < -0.4 is 11.1 Å². The number of aromatic hydroxyl groups is 2. The topological polar surface area (TPSA) is 113 Å². The van der Waals surface area contributed by atoms with Gasteiger partial charge in [0.1, 0.15) is 0 Å². The minimum Gasteiger partial charge on any atom is -0.504 e. The summed E-state index contributed by atoms with van der Waals surface area (Å²) < 4.78 is 0. The Kier molecular flexibility index (Phi) is 3.71. The van der Waals surface area contributed by atoms with Crippen LogP contribution in [0.3, 0.4) is 0 Å². The molecule has 5 N–H and O–H groups in total. The second-order valence-electron chi connectivity index (χ2n) is 3.18. The molecule has 0 aliphatic rings. The summed E-state index contributed by atoms with van der Waals surface area (Å²) in [4.78, 5) is 21.8. The van der Waals surface area contributed by atoms with Crippen LogP contribution in [0, 0.1) is 0 Å². The molecule has 0 aliphatic heterocycles. The first-order valence-corrected chi connectivity index (χ1v) is 4.59. The summed E-state index contributed by atoms with van der Waals surface area (Å²) in [6.45, 7) is 0.135. The largest absolute Gasteiger partial charge is 0.504 e. The van der Waals surface area contributed by atoms with Crippen molar-refractivity contribution in [2.45, 2.75) is 6.42 Å². The number of primary amides is 1. The van der Waals surface area contributed by atoms with E-state index in [0.717, 1.165) is 6.07 Å². The monoisotopic (exact) mass is 224 g/mol. The molecule has 1 aromatic carbocycles. The highest BCUT2D eigenvalue weighted by Crippen LogP contribution is 2.24. The van der Waals surface area contributed by atoms with E-state index in [1.165, 1.54) is 12.1 Å². The molecule has 0 fully saturated rings. The first kappa shape index (κ1) is 11.8. The molecular weight excluding hydrogens is 212 g/mol. The first-order chi connectivity index (χ1) is 7.50. The molecule has 16 heavy (non-hydrogen) atoms. The SMILES string of the molecule is NC(=O)CCNC(=O)c1ccc(O)c(O)c1. The smallest absolute Gasteiger partial charge is 0.251 e. The van der Waals surface area contributed by atoms with Gasteiger partial charge in [-0.2, -0.15) is 0 Å². The second-order valence-corrected chi connectivity index (χ2v) is 3.18. The van der Waals surface area contributed by atoms with E-state index in [1.807, 2.05) is 0 Å². The number of benzene rings is 1. The van der Waals surface area contributed by atoms with Gasteiger partial charge in [0, 0.05) is 18.5 Å². The molecule has 6 nitrogen and oxygen atoms in total. The van der Waals surface area contributed by atoms with Gasteiger partial charge in [0.2, 0.25) is 5.91 Å². The van der Waals surface area contributed by atoms with Crippen LogP contribution in [0.25, 0.3) is 0 Å². The normalized spacial score (nSPS) is 9.75. The lowest BCUT2D eigenvalue weighted by Crippen LogP contribution is -2.27. The average molecular weight is 224 g/mol. The summed E-state index contributed by atoms with van der Waals surface area (Å²) in [5, 5.41) is 20.6. The van der Waals surface area contributed by atoms with Crippen LogP contribution in [0.15, 0.2) is 18.2 Å². The molecule has 0 saturated carbocycles. The predicted molar refractivity (Wildman–Crippen MR) is 55.9 cm³/mol. The molecule has 0 atom stereocenters. The molecule has 0 spiro atoms. The van der Waals surface area contributed by atoms with Crippen LogP contribution in [0.2, 0.25) is 0 Å². The molecule has 1 aromatic rings. The van der Waals surface area contributed by atoms with Crippen LogP contribution in [0.4, 0.5) is 0 Å². The number of nitrogens with one attached hydrogen (secondary N) is 1. The van der Waals surface area contributed by atoms with Gasteiger partial charge in [-0.3, -0.25) is 9.59 Å². The third kappa shape index (κ3) is 3.16. The van der Waals surface area contributed by atoms with Crippen molar-refractivity contribution in [3.05, 3.63) is 23.8 Å². The number of phenolic OH excluding ortho intramolecular Hbond substituents is 2. The standard InChI is InChI=1S/C10H12N2O4/c11-9(15)3-4-12-10(16)6-1-2-7(13)8(14)5-6/h1-2,5,13-14H,3-4H2,(H2,11,15)(H,12,16). The van der Waals surface area contributed by atoms with Crippen molar-refractivity contribution < 1.29 is 19.8 Å². The number of rotatable bonds is 4. The van der Waals surface area contributed by atoms with E-state index in [1.54, 1.807) is 0 Å². The summed E-state index contributed by atoms with van der Waals surface area (Å²) in [6, 6.07) is 3.70. The van der Waals surface area contributed by atoms with Gasteiger partial charge in [-0.25, -0.2) is 0 Å². The third-order valence-electron chi connectivity index (χ3n) is 1.89. The number of nitrogens with two attached hydrogens (primary N) is 1. The Hall–Kier alpha value is -2.24. The van der Waals surface area contributed by atoms with Crippen molar-refractivity contribution in [2.75, 3.05) is 6.54 Å². The van der Waals surface area contributed by atoms with E-state index >= 15 is 0 Å². The number of hydrogen-bond acceptors (Lipinski definition) is 4. The fourth-order valence-electron chi connectivity index (χ4n) is 1.07. The number of amides is 2. The van der Waals surface area contributed by atoms with Crippen molar-refractivity contribution >= 4 is 11.8 Å². The maximum atomic E-state index is 11.4. The van der Waals surface area contributed by atoms with Gasteiger partial charge in [0.15, 0.2) is 11.5 Å². The quantitative estimate of drug-likeness (QED) is 0.526. The molecule has 0 radical (unpaired) electrons. The van der Waals surface area contributed by atoms with Crippen molar-refractivity contribution in [3.63, 3.8) is 0 Å². The van der Waals surface area contributed by atoms with Crippen LogP contribution in [0.1, 0.15) is 16.8 Å². The maximum absolute atomic E-state index is 11.4. The van der Waals surface area contributed by atoms with E-state index in [2.05, 4.69) is 5.32 Å². The molecule has 86 valence electrons. The minimum absolute atomic E-state index is 0.0514. The Labute approximate surface area is 91.7 Å². The van der Waals surface area contributed by atoms with Gasteiger partial charge in [-0.05, 0) is 18.2 Å². The molecule has 0 saturated heterocycles. The molecule has 6 heteroatoms. The zero-order valence-corrected chi connectivity index (χ0v) is 8.43. The van der Waals surface area contributed by atoms with E-state index in [0.29, 0.717) is 0 Å². The predicted octanol–water partition coefficient (Wildman–Crippen LogP) is -0.297. The minimum atomic E-state index is -0.506. The lowest BCUT2D eigenvalue weighted by molar-refractivity contribution is -0.117. The summed E-state index contributed by atoms with van der Waals surface area (Å²) in [7, 11) is 0. The van der Waals surface area contributed by atoms with E-state index < -0.39 is 11.8 Å². The Balaban J connectivity index is 2.59. The zero-order chi connectivity index (χ0) is 12.1. The summed E-state index contributed by atoms with van der Waals surface area (Å²) in [5.41, 5.74) is 5.09. The van der Waals surface area contributed by atoms with Gasteiger partial charge in [0.25, 0.3) is 5.91 Å². The Morgan fingerprint density at radius 3 is 2.50 bits per heavy atom. The highest BCUT2D eigenvalue weighted by atomic mass is 16.3. The molecule has 1 rings (SSSR count). The number of phenols is 2. The van der Waals surface area contributed by atoms with Crippen molar-refractivity contribution in [2.24, 2.45) is 5.73 Å². The van der Waals surface area contributed by atoms with E-state index in [4.69, 9.17) is 15.9 Å². The van der Waals surface area contributed by atoms with E-state index in [9.17, 15) is 9.59 Å². The highest BCUT2D eigenvalue weighted by Gasteiger charge is 2.08. The molecule has 0 bridgehead atoms.